The van der Waals surface area contributed by atoms with Crippen molar-refractivity contribution in [3.63, 3.8) is 0 Å². The SMILES string of the molecule is CCS(=O)(=O)c1cccc(C(=O)N(CCN2CCOCC2)c2nc3ccc(SC)cc3s2)c1. The molecule has 0 atom stereocenters. The molecule has 7 nitrogen and oxygen atoms in total. The van der Waals surface area contributed by atoms with Crippen LogP contribution in [0, 0.1) is 0 Å². The lowest BCUT2D eigenvalue weighted by Gasteiger charge is -2.29. The number of benzene rings is 2. The minimum atomic E-state index is -3.41. The van der Waals surface area contributed by atoms with E-state index in [-0.39, 0.29) is 16.6 Å². The molecule has 0 unspecified atom stereocenters. The minimum Gasteiger partial charge on any atom is -0.379 e. The van der Waals surface area contributed by atoms with E-state index < -0.39 is 9.84 Å². The fourth-order valence-electron chi connectivity index (χ4n) is 3.63. The van der Waals surface area contributed by atoms with E-state index in [0.29, 0.717) is 37.0 Å². The van der Waals surface area contributed by atoms with Crippen molar-refractivity contribution in [3.8, 4) is 0 Å². The Kier molecular flexibility index (Phi) is 7.70. The third-order valence-corrected chi connectivity index (χ3v) is 9.12. The highest BCUT2D eigenvalue weighted by Crippen LogP contribution is 2.32. The largest absolute Gasteiger partial charge is 0.379 e. The Morgan fingerprint density at radius 2 is 2.00 bits per heavy atom. The van der Waals surface area contributed by atoms with Crippen LogP contribution in [-0.2, 0) is 14.6 Å². The van der Waals surface area contributed by atoms with Crippen molar-refractivity contribution in [3.05, 3.63) is 48.0 Å². The van der Waals surface area contributed by atoms with Crippen molar-refractivity contribution in [2.45, 2.75) is 16.7 Å². The number of aromatic nitrogens is 1. The number of hydrogen-bond donors (Lipinski definition) is 0. The van der Waals surface area contributed by atoms with Crippen LogP contribution in [0.2, 0.25) is 0 Å². The Bertz CT molecular complexity index is 1240. The van der Waals surface area contributed by atoms with Crippen molar-refractivity contribution in [2.24, 2.45) is 0 Å². The Morgan fingerprint density at radius 3 is 2.73 bits per heavy atom. The monoisotopic (exact) mass is 505 g/mol. The molecule has 4 rings (SSSR count). The fraction of sp³-hybridized carbons (Fsp3) is 0.391. The molecular weight excluding hydrogens is 478 g/mol. The first-order valence-corrected chi connectivity index (χ1v) is 14.5. The highest BCUT2D eigenvalue weighted by Gasteiger charge is 2.24. The summed E-state index contributed by atoms with van der Waals surface area (Å²) in [7, 11) is -3.41. The van der Waals surface area contributed by atoms with Crippen LogP contribution >= 0.6 is 23.1 Å². The molecule has 1 aliphatic rings. The van der Waals surface area contributed by atoms with E-state index >= 15 is 0 Å². The average molecular weight is 506 g/mol. The molecule has 1 aromatic heterocycles. The van der Waals surface area contributed by atoms with Gasteiger partial charge in [0.15, 0.2) is 15.0 Å². The number of morpholine rings is 1. The first-order valence-electron chi connectivity index (χ1n) is 10.8. The Labute approximate surface area is 202 Å². The number of fused-ring (bicyclic) bond motifs is 1. The molecule has 0 saturated carbocycles. The van der Waals surface area contributed by atoms with E-state index in [1.165, 1.54) is 23.5 Å². The second-order valence-electron chi connectivity index (χ2n) is 7.67. The molecular formula is C23H27N3O4S3. The third-order valence-electron chi connectivity index (χ3n) is 5.62. The smallest absolute Gasteiger partial charge is 0.260 e. The van der Waals surface area contributed by atoms with Crippen molar-refractivity contribution in [2.75, 3.05) is 56.3 Å². The zero-order chi connectivity index (χ0) is 23.4. The summed E-state index contributed by atoms with van der Waals surface area (Å²) in [6.07, 6.45) is 2.03. The van der Waals surface area contributed by atoms with Gasteiger partial charge in [-0.25, -0.2) is 13.4 Å². The summed E-state index contributed by atoms with van der Waals surface area (Å²) in [6.45, 7) is 5.76. The van der Waals surface area contributed by atoms with E-state index in [4.69, 9.17) is 9.72 Å². The van der Waals surface area contributed by atoms with Gasteiger partial charge in [0.1, 0.15) is 0 Å². The van der Waals surface area contributed by atoms with Crippen LogP contribution in [-0.4, -0.2) is 75.6 Å². The average Bonchev–Trinajstić information content (AvgIpc) is 3.27. The van der Waals surface area contributed by atoms with Crippen molar-refractivity contribution >= 4 is 54.2 Å². The Morgan fingerprint density at radius 1 is 1.21 bits per heavy atom. The minimum absolute atomic E-state index is 0.0129. The number of carbonyl (C=O) groups excluding carboxylic acids is 1. The molecule has 0 aliphatic carbocycles. The third kappa shape index (κ3) is 5.58. The number of anilines is 1. The summed E-state index contributed by atoms with van der Waals surface area (Å²) < 4.78 is 31.2. The van der Waals surface area contributed by atoms with E-state index in [1.54, 1.807) is 35.7 Å². The molecule has 3 aromatic rings. The predicted molar refractivity (Wildman–Crippen MR) is 135 cm³/mol. The predicted octanol–water partition coefficient (Wildman–Crippen LogP) is 3.79. The summed E-state index contributed by atoms with van der Waals surface area (Å²) in [5, 5.41) is 0.616. The molecule has 0 N–H and O–H groups in total. The molecule has 0 spiro atoms. The van der Waals surface area contributed by atoms with Crippen LogP contribution in [0.3, 0.4) is 0 Å². The van der Waals surface area contributed by atoms with E-state index in [0.717, 1.165) is 28.2 Å². The Hall–Kier alpha value is -1.98. The van der Waals surface area contributed by atoms with Crippen LogP contribution in [0.4, 0.5) is 5.13 Å². The van der Waals surface area contributed by atoms with Gasteiger partial charge in [-0.05, 0) is 42.7 Å². The lowest BCUT2D eigenvalue weighted by molar-refractivity contribution is 0.0391. The Balaban J connectivity index is 1.68. The number of nitrogens with zero attached hydrogens (tertiary/aromatic N) is 3. The molecule has 1 aliphatic heterocycles. The number of carbonyl (C=O) groups is 1. The van der Waals surface area contributed by atoms with Crippen LogP contribution < -0.4 is 4.90 Å². The summed E-state index contributed by atoms with van der Waals surface area (Å²) in [5.74, 6) is -0.262. The van der Waals surface area contributed by atoms with Gasteiger partial charge in [0.05, 0.1) is 34.1 Å². The van der Waals surface area contributed by atoms with Gasteiger partial charge in [0.25, 0.3) is 5.91 Å². The highest BCUT2D eigenvalue weighted by atomic mass is 32.2. The summed E-state index contributed by atoms with van der Waals surface area (Å²) in [5.41, 5.74) is 1.19. The number of hydrogen-bond acceptors (Lipinski definition) is 8. The summed E-state index contributed by atoms with van der Waals surface area (Å²) in [6, 6.07) is 12.4. The number of amides is 1. The van der Waals surface area contributed by atoms with Gasteiger partial charge in [-0.3, -0.25) is 14.6 Å². The van der Waals surface area contributed by atoms with Crippen molar-refractivity contribution in [1.29, 1.82) is 0 Å². The zero-order valence-electron chi connectivity index (χ0n) is 18.7. The van der Waals surface area contributed by atoms with Gasteiger partial charge in [-0.15, -0.1) is 11.8 Å². The normalized spacial score (nSPS) is 15.1. The molecule has 0 radical (unpaired) electrons. The number of rotatable bonds is 8. The lowest BCUT2D eigenvalue weighted by Crippen LogP contribution is -2.43. The van der Waals surface area contributed by atoms with Gasteiger partial charge in [-0.2, -0.15) is 0 Å². The lowest BCUT2D eigenvalue weighted by atomic mass is 10.2. The van der Waals surface area contributed by atoms with Gasteiger partial charge in [0.2, 0.25) is 0 Å². The molecule has 2 aromatic carbocycles. The summed E-state index contributed by atoms with van der Waals surface area (Å²) >= 11 is 3.14. The van der Waals surface area contributed by atoms with E-state index in [1.807, 2.05) is 18.4 Å². The maximum atomic E-state index is 13.6. The van der Waals surface area contributed by atoms with Gasteiger partial charge >= 0.3 is 0 Å². The molecule has 176 valence electrons. The van der Waals surface area contributed by atoms with Crippen LogP contribution in [0.1, 0.15) is 17.3 Å². The molecule has 1 saturated heterocycles. The fourth-order valence-corrected chi connectivity index (χ4v) is 6.10. The zero-order valence-corrected chi connectivity index (χ0v) is 21.1. The van der Waals surface area contributed by atoms with E-state index in [9.17, 15) is 13.2 Å². The molecule has 1 fully saturated rings. The van der Waals surface area contributed by atoms with Gasteiger partial charge in [0, 0.05) is 36.6 Å². The first-order chi connectivity index (χ1) is 15.9. The maximum Gasteiger partial charge on any atom is 0.260 e. The van der Waals surface area contributed by atoms with Gasteiger partial charge < -0.3 is 4.74 Å². The second kappa shape index (κ2) is 10.5. The van der Waals surface area contributed by atoms with Crippen LogP contribution in [0.15, 0.2) is 52.3 Å². The highest BCUT2D eigenvalue weighted by molar-refractivity contribution is 7.98. The number of thiazole rings is 1. The van der Waals surface area contributed by atoms with Gasteiger partial charge in [-0.1, -0.05) is 24.3 Å². The van der Waals surface area contributed by atoms with Crippen molar-refractivity contribution in [1.82, 2.24) is 9.88 Å². The van der Waals surface area contributed by atoms with Crippen molar-refractivity contribution < 1.29 is 17.9 Å². The second-order valence-corrected chi connectivity index (χ2v) is 11.8. The molecule has 33 heavy (non-hydrogen) atoms. The number of ether oxygens (including phenoxy) is 1. The topological polar surface area (TPSA) is 79.8 Å². The molecule has 10 heteroatoms. The maximum absolute atomic E-state index is 13.6. The number of thioether (sulfide) groups is 1. The standard InChI is InChI=1S/C23H27N3O4S3/c1-3-33(28,29)19-6-4-5-17(15-19)22(27)26(10-9-25-11-13-30-14-12-25)23-24-20-8-7-18(31-2)16-21(20)32-23/h4-8,15-16H,3,9-14H2,1-2H3. The van der Waals surface area contributed by atoms with E-state index in [2.05, 4.69) is 11.0 Å². The molecule has 0 bridgehead atoms. The number of sulfone groups is 1. The van der Waals surface area contributed by atoms with Crippen LogP contribution in [0.5, 0.6) is 0 Å². The van der Waals surface area contributed by atoms with Crippen LogP contribution in [0.25, 0.3) is 10.2 Å². The molecule has 2 heterocycles. The molecule has 1 amide bonds. The quantitative estimate of drug-likeness (QED) is 0.431. The summed E-state index contributed by atoms with van der Waals surface area (Å²) in [4.78, 5) is 23.6. The first kappa shape index (κ1) is 24.2.